The van der Waals surface area contributed by atoms with Gasteiger partial charge in [-0.1, -0.05) is 24.3 Å². The maximum atomic E-state index is 13.6. The summed E-state index contributed by atoms with van der Waals surface area (Å²) in [5.74, 6) is -1.92. The van der Waals surface area contributed by atoms with Gasteiger partial charge in [0.05, 0.1) is 66.5 Å². The van der Waals surface area contributed by atoms with Crippen molar-refractivity contribution in [3.63, 3.8) is 0 Å². The number of carboxylic acid groups (broad SMARTS) is 1. The van der Waals surface area contributed by atoms with E-state index in [1.807, 2.05) is 24.3 Å². The third-order valence-electron chi connectivity index (χ3n) is 15.6. The highest BCUT2D eigenvalue weighted by atomic mass is 32.2. The number of esters is 1. The van der Waals surface area contributed by atoms with Crippen LogP contribution in [0.4, 0.5) is 20.2 Å². The Hall–Kier alpha value is -8.44. The summed E-state index contributed by atoms with van der Waals surface area (Å²) in [6.07, 6.45) is 9.81. The minimum atomic E-state index is -3.65. The highest BCUT2D eigenvalue weighted by Gasteiger charge is 2.35. The number of carboxylic acids is 1. The number of aromatic carboxylic acids is 1. The van der Waals surface area contributed by atoms with Crippen LogP contribution in [0.25, 0.3) is 44.6 Å². The van der Waals surface area contributed by atoms with E-state index in [1.54, 1.807) is 72.8 Å². The van der Waals surface area contributed by atoms with E-state index in [-0.39, 0.29) is 48.3 Å². The third-order valence-corrected chi connectivity index (χ3v) is 18.0. The van der Waals surface area contributed by atoms with E-state index < -0.39 is 37.7 Å². The summed E-state index contributed by atoms with van der Waals surface area (Å²) in [5.41, 5.74) is 8.02. The minimum absolute atomic E-state index is 0.174. The molecule has 2 saturated carbocycles. The third kappa shape index (κ3) is 16.3. The lowest BCUT2D eigenvalue weighted by molar-refractivity contribution is 0.0599. The van der Waals surface area contributed by atoms with Gasteiger partial charge in [-0.05, 0) is 183 Å². The van der Waals surface area contributed by atoms with Crippen LogP contribution in [-0.2, 0) is 47.1 Å². The quantitative estimate of drug-likeness (QED) is 0.0305. The van der Waals surface area contributed by atoms with Gasteiger partial charge in [-0.15, -0.1) is 0 Å². The first-order valence-corrected chi connectivity index (χ1v) is 33.1. The number of halogens is 2. The molecular weight excluding hydrogens is 1190 g/mol. The molecule has 0 saturated heterocycles. The van der Waals surface area contributed by atoms with Crippen molar-refractivity contribution in [1.29, 1.82) is 0 Å². The smallest absolute Gasteiger partial charge is 0.337 e. The maximum Gasteiger partial charge on any atom is 0.337 e. The van der Waals surface area contributed by atoms with Crippen molar-refractivity contribution in [3.8, 4) is 22.6 Å². The Balaban J connectivity index is 0.000000211. The molecule has 0 unspecified atom stereocenters. The molecular formula is C67H72F2N4O14S2. The monoisotopic (exact) mass is 1260 g/mol. The molecule has 6 aromatic carbocycles. The van der Waals surface area contributed by atoms with Gasteiger partial charge in [-0.3, -0.25) is 18.2 Å². The van der Waals surface area contributed by atoms with Crippen LogP contribution in [0.1, 0.15) is 127 Å². The standard InChI is InChI=1S/C34H37FN2O7S.C33H35FN2O7S/c1-36-33(38)31-28-20-27(23-10-11-23)29(21-30(28)44-32(31)24-12-14-26(35)15-13-24)37(45(3,40)41)17-4-5-18-43-19-16-22-6-8-25(9-7-22)34(39)42-2;1-35-32(37)30-27-19-26(22-9-10-22)28(20-29(27)43-31(30)23-11-13-25(34)14-12-23)36(44(2,40)41)16-3-4-17-42-18-15-21-5-7-24(8-6-21)33(38)39/h6-9,12-15,20-21,23H,4-5,10-11,16-19H2,1-3H3,(H,36,38);5-8,11-14,19-20,22H,3-4,9-10,15-18H2,1-2H3,(H,35,37)(H,38,39). The highest BCUT2D eigenvalue weighted by molar-refractivity contribution is 7.92. The molecule has 0 radical (unpaired) electrons. The zero-order chi connectivity index (χ0) is 63.6. The fraction of sp³-hybridized carbons (Fsp3) is 0.343. The number of hydrogen-bond acceptors (Lipinski definition) is 13. The molecule has 22 heteroatoms. The molecule has 2 heterocycles. The minimum Gasteiger partial charge on any atom is -0.478 e. The molecule has 0 bridgehead atoms. The predicted octanol–water partition coefficient (Wildman–Crippen LogP) is 12.0. The van der Waals surface area contributed by atoms with Crippen molar-refractivity contribution in [2.75, 3.05) is 81.8 Å². The Labute approximate surface area is 516 Å². The van der Waals surface area contributed by atoms with Crippen molar-refractivity contribution in [3.05, 3.63) is 177 Å². The molecule has 2 aliphatic carbocycles. The van der Waals surface area contributed by atoms with E-state index in [0.717, 1.165) is 47.9 Å². The summed E-state index contributed by atoms with van der Waals surface area (Å²) in [6.45, 7) is 2.40. The first-order valence-electron chi connectivity index (χ1n) is 29.4. The number of carbonyl (C=O) groups excluding carboxylic acids is 3. The van der Waals surface area contributed by atoms with E-state index in [4.69, 9.17) is 28.2 Å². The summed E-state index contributed by atoms with van der Waals surface area (Å²) in [4.78, 5) is 48.6. The molecule has 89 heavy (non-hydrogen) atoms. The molecule has 3 N–H and O–H groups in total. The molecule has 0 atom stereocenters. The zero-order valence-corrected chi connectivity index (χ0v) is 51.9. The van der Waals surface area contributed by atoms with Crippen LogP contribution in [0.15, 0.2) is 130 Å². The van der Waals surface area contributed by atoms with Gasteiger partial charge >= 0.3 is 11.9 Å². The van der Waals surface area contributed by atoms with Crippen LogP contribution in [-0.4, -0.2) is 119 Å². The number of carbonyl (C=O) groups is 4. The number of ether oxygens (including phenoxy) is 3. The number of nitrogens with one attached hydrogen (secondary N) is 2. The SMILES string of the molecule is CNC(=O)c1c(-c2ccc(F)cc2)oc2cc(N(CCCCOCCc3ccc(C(=O)O)cc3)S(C)(=O)=O)c(C3CC3)cc12.CNC(=O)c1c(-c2ccc(F)cc2)oc2cc(N(CCCCOCCc3ccc(C(=O)OC)cc3)S(C)(=O)=O)c(C3CC3)cc12. The number of rotatable bonds is 28. The first-order chi connectivity index (χ1) is 42.7. The number of methoxy groups -OCH3 is 1. The van der Waals surface area contributed by atoms with E-state index in [9.17, 15) is 44.8 Å². The second-order valence-electron chi connectivity index (χ2n) is 22.1. The fourth-order valence-corrected chi connectivity index (χ4v) is 12.6. The lowest BCUT2D eigenvalue weighted by Gasteiger charge is -2.25. The summed E-state index contributed by atoms with van der Waals surface area (Å²) in [7, 11) is -2.89. The molecule has 10 rings (SSSR count). The van der Waals surface area contributed by atoms with Gasteiger partial charge in [0.1, 0.15) is 34.3 Å². The second kappa shape index (κ2) is 28.8. The molecule has 2 aromatic heterocycles. The Morgan fingerprint density at radius 1 is 0.551 bits per heavy atom. The second-order valence-corrected chi connectivity index (χ2v) is 26.0. The van der Waals surface area contributed by atoms with Gasteiger partial charge in [0.25, 0.3) is 11.8 Å². The molecule has 470 valence electrons. The Kier molecular flexibility index (Phi) is 21.0. The summed E-state index contributed by atoms with van der Waals surface area (Å²) in [6, 6.07) is 32.4. The molecule has 0 aliphatic heterocycles. The van der Waals surface area contributed by atoms with Crippen LogP contribution >= 0.6 is 0 Å². The van der Waals surface area contributed by atoms with Gasteiger partial charge in [0.2, 0.25) is 20.0 Å². The largest absolute Gasteiger partial charge is 0.478 e. The summed E-state index contributed by atoms with van der Waals surface area (Å²) >= 11 is 0. The van der Waals surface area contributed by atoms with Crippen molar-refractivity contribution in [1.82, 2.24) is 10.6 Å². The Morgan fingerprint density at radius 2 is 0.933 bits per heavy atom. The molecule has 2 fully saturated rings. The number of unbranched alkanes of at least 4 members (excludes halogenated alkanes) is 2. The summed E-state index contributed by atoms with van der Waals surface area (Å²) < 4.78 is 111. The molecule has 2 amide bonds. The lowest BCUT2D eigenvalue weighted by Crippen LogP contribution is -2.32. The van der Waals surface area contributed by atoms with E-state index in [1.165, 1.54) is 66.6 Å². The molecule has 18 nitrogen and oxygen atoms in total. The van der Waals surface area contributed by atoms with Crippen LogP contribution in [0.3, 0.4) is 0 Å². The summed E-state index contributed by atoms with van der Waals surface area (Å²) in [5, 5.41) is 15.5. The average Bonchev–Trinajstić information content (AvgIpc) is 1.65. The molecule has 2 aliphatic rings. The zero-order valence-electron chi connectivity index (χ0n) is 50.2. The van der Waals surface area contributed by atoms with Crippen molar-refractivity contribution in [2.24, 2.45) is 0 Å². The van der Waals surface area contributed by atoms with E-state index >= 15 is 0 Å². The van der Waals surface area contributed by atoms with Gasteiger partial charge < -0.3 is 38.8 Å². The topological polar surface area (TPSA) is 241 Å². The van der Waals surface area contributed by atoms with E-state index in [0.29, 0.717) is 138 Å². The van der Waals surface area contributed by atoms with Crippen molar-refractivity contribution >= 4 is 77.1 Å². The predicted molar refractivity (Wildman–Crippen MR) is 337 cm³/mol. The van der Waals surface area contributed by atoms with Gasteiger partial charge in [0, 0.05) is 74.4 Å². The number of amides is 2. The number of benzene rings is 6. The molecule has 8 aromatic rings. The van der Waals surface area contributed by atoms with Crippen LogP contribution in [0, 0.1) is 11.6 Å². The van der Waals surface area contributed by atoms with Gasteiger partial charge in [0.15, 0.2) is 0 Å². The van der Waals surface area contributed by atoms with Crippen LogP contribution in [0.5, 0.6) is 0 Å². The van der Waals surface area contributed by atoms with Crippen LogP contribution in [0.2, 0.25) is 0 Å². The number of anilines is 2. The normalized spacial score (nSPS) is 13.2. The van der Waals surface area contributed by atoms with Crippen molar-refractivity contribution in [2.45, 2.75) is 76.0 Å². The fourth-order valence-electron chi connectivity index (χ4n) is 10.7. The number of nitrogens with zero attached hydrogens (tertiary/aromatic N) is 2. The average molecular weight is 1260 g/mol. The van der Waals surface area contributed by atoms with Crippen LogP contribution < -0.4 is 19.2 Å². The Bertz CT molecular complexity index is 4070. The number of furan rings is 2. The Morgan fingerprint density at radius 3 is 1.27 bits per heavy atom. The van der Waals surface area contributed by atoms with Crippen molar-refractivity contribution < 1.29 is 72.9 Å². The lowest BCUT2D eigenvalue weighted by atomic mass is 10.0. The number of fused-ring (bicyclic) bond motifs is 2. The van der Waals surface area contributed by atoms with E-state index in [2.05, 4.69) is 10.6 Å². The first kappa shape index (κ1) is 65.0. The number of sulfonamides is 2. The highest BCUT2D eigenvalue weighted by Crippen LogP contribution is 2.50. The maximum absolute atomic E-state index is 13.6. The van der Waals surface area contributed by atoms with Gasteiger partial charge in [-0.2, -0.15) is 0 Å². The number of hydrogen-bond donors (Lipinski definition) is 3. The van der Waals surface area contributed by atoms with Gasteiger partial charge in [-0.25, -0.2) is 35.2 Å². The molecule has 0 spiro atoms.